The van der Waals surface area contributed by atoms with E-state index in [-0.39, 0.29) is 0 Å². The fourth-order valence-corrected chi connectivity index (χ4v) is 3.38. The zero-order valence-corrected chi connectivity index (χ0v) is 14.4. The van der Waals surface area contributed by atoms with E-state index in [2.05, 4.69) is 10.6 Å². The Bertz CT molecular complexity index is 934. The fourth-order valence-electron chi connectivity index (χ4n) is 2.62. The van der Waals surface area contributed by atoms with Crippen LogP contribution in [0.25, 0.3) is 0 Å². The standard InChI is InChI=1S/C17H13FN4O3S/c1-17(11-2-4-12(18)5-3-11)15(24)22(16(25)21-17)9-13(23)20-14-10(8-19)6-7-26-14/h2-7H,9H2,1H3,(H,20,23)(H,21,25). The number of thiophene rings is 1. The van der Waals surface area contributed by atoms with Crippen LogP contribution in [0.3, 0.4) is 0 Å². The third-order valence-corrected chi connectivity index (χ3v) is 4.87. The first-order chi connectivity index (χ1) is 12.3. The van der Waals surface area contributed by atoms with Crippen LogP contribution in [0.5, 0.6) is 0 Å². The summed E-state index contributed by atoms with van der Waals surface area (Å²) in [5.41, 5.74) is -0.673. The van der Waals surface area contributed by atoms with Gasteiger partial charge in [0.05, 0.1) is 5.56 Å². The highest BCUT2D eigenvalue weighted by molar-refractivity contribution is 7.14. The number of halogens is 1. The minimum atomic E-state index is -1.38. The third kappa shape index (κ3) is 3.02. The first-order valence-corrected chi connectivity index (χ1v) is 8.40. The molecule has 0 saturated carbocycles. The molecule has 1 aromatic carbocycles. The molecule has 4 amide bonds. The highest BCUT2D eigenvalue weighted by Crippen LogP contribution is 2.29. The number of nitriles is 1. The van der Waals surface area contributed by atoms with E-state index in [0.717, 1.165) is 4.90 Å². The molecule has 1 aliphatic rings. The van der Waals surface area contributed by atoms with Crippen LogP contribution in [-0.2, 0) is 15.1 Å². The van der Waals surface area contributed by atoms with Crippen LogP contribution in [0, 0.1) is 17.1 Å². The van der Waals surface area contributed by atoms with Gasteiger partial charge in [-0.2, -0.15) is 5.26 Å². The Labute approximate surface area is 152 Å². The van der Waals surface area contributed by atoms with Gasteiger partial charge in [-0.3, -0.25) is 14.5 Å². The predicted molar refractivity (Wildman–Crippen MR) is 91.7 cm³/mol. The molecular weight excluding hydrogens is 359 g/mol. The highest BCUT2D eigenvalue weighted by atomic mass is 32.1. The van der Waals surface area contributed by atoms with Gasteiger partial charge >= 0.3 is 6.03 Å². The van der Waals surface area contributed by atoms with E-state index in [4.69, 9.17) is 5.26 Å². The smallest absolute Gasteiger partial charge is 0.319 e. The average Bonchev–Trinajstić information content (AvgIpc) is 3.13. The van der Waals surface area contributed by atoms with Crippen molar-refractivity contribution in [3.8, 4) is 6.07 Å². The van der Waals surface area contributed by atoms with Crippen LogP contribution >= 0.6 is 11.3 Å². The van der Waals surface area contributed by atoms with Gasteiger partial charge in [0, 0.05) is 0 Å². The maximum Gasteiger partial charge on any atom is 0.325 e. The van der Waals surface area contributed by atoms with E-state index >= 15 is 0 Å². The van der Waals surface area contributed by atoms with E-state index < -0.39 is 35.7 Å². The summed E-state index contributed by atoms with van der Waals surface area (Å²) in [6.45, 7) is 0.996. The summed E-state index contributed by atoms with van der Waals surface area (Å²) in [5.74, 6) is -1.68. The maximum atomic E-state index is 13.1. The molecule has 1 unspecified atom stereocenters. The number of nitrogens with zero attached hydrogens (tertiary/aromatic N) is 2. The minimum absolute atomic E-state index is 0.303. The molecule has 7 nitrogen and oxygen atoms in total. The minimum Gasteiger partial charge on any atom is -0.319 e. The lowest BCUT2D eigenvalue weighted by Gasteiger charge is -2.22. The second-order valence-corrected chi connectivity index (χ2v) is 6.69. The van der Waals surface area contributed by atoms with Crippen molar-refractivity contribution >= 4 is 34.2 Å². The quantitative estimate of drug-likeness (QED) is 0.803. The summed E-state index contributed by atoms with van der Waals surface area (Å²) in [4.78, 5) is 37.9. The Morgan fingerprint density at radius 1 is 1.35 bits per heavy atom. The van der Waals surface area contributed by atoms with Crippen LogP contribution in [0.2, 0.25) is 0 Å². The van der Waals surface area contributed by atoms with E-state index in [1.165, 1.54) is 42.5 Å². The largest absolute Gasteiger partial charge is 0.325 e. The summed E-state index contributed by atoms with van der Waals surface area (Å²) < 4.78 is 13.1. The summed E-state index contributed by atoms with van der Waals surface area (Å²) in [5, 5.41) is 16.0. The predicted octanol–water partition coefficient (Wildman–Crippen LogP) is 2.16. The number of nitrogens with one attached hydrogen (secondary N) is 2. The monoisotopic (exact) mass is 372 g/mol. The number of rotatable bonds is 4. The Morgan fingerprint density at radius 3 is 2.69 bits per heavy atom. The van der Waals surface area contributed by atoms with Crippen LogP contribution < -0.4 is 10.6 Å². The zero-order chi connectivity index (χ0) is 18.9. The lowest BCUT2D eigenvalue weighted by Crippen LogP contribution is -2.42. The van der Waals surface area contributed by atoms with Crippen LogP contribution in [0.1, 0.15) is 18.1 Å². The van der Waals surface area contributed by atoms with Gasteiger partial charge in [-0.15, -0.1) is 11.3 Å². The van der Waals surface area contributed by atoms with E-state index in [1.54, 1.807) is 11.4 Å². The van der Waals surface area contributed by atoms with Crippen molar-refractivity contribution in [3.63, 3.8) is 0 Å². The molecule has 1 atom stereocenters. The van der Waals surface area contributed by atoms with Gasteiger partial charge < -0.3 is 10.6 Å². The van der Waals surface area contributed by atoms with Crippen molar-refractivity contribution in [1.29, 1.82) is 5.26 Å². The topological polar surface area (TPSA) is 102 Å². The molecule has 3 rings (SSSR count). The SMILES string of the molecule is CC1(c2ccc(F)cc2)NC(=O)N(CC(=O)Nc2sccc2C#N)C1=O. The molecular formula is C17H13FN4O3S. The van der Waals surface area contributed by atoms with E-state index in [0.29, 0.717) is 16.1 Å². The Balaban J connectivity index is 1.76. The average molecular weight is 372 g/mol. The molecule has 0 aliphatic carbocycles. The number of hydrogen-bond donors (Lipinski definition) is 2. The molecule has 2 N–H and O–H groups in total. The maximum absolute atomic E-state index is 13.1. The van der Waals surface area contributed by atoms with Crippen molar-refractivity contribution < 1.29 is 18.8 Å². The number of imide groups is 1. The van der Waals surface area contributed by atoms with Gasteiger partial charge in [-0.1, -0.05) is 12.1 Å². The second kappa shape index (κ2) is 6.57. The van der Waals surface area contributed by atoms with Crippen molar-refractivity contribution in [3.05, 3.63) is 52.7 Å². The van der Waals surface area contributed by atoms with Crippen molar-refractivity contribution in [2.45, 2.75) is 12.5 Å². The molecule has 1 aromatic heterocycles. The fraction of sp³-hybridized carbons (Fsp3) is 0.176. The lowest BCUT2D eigenvalue weighted by molar-refractivity contribution is -0.133. The van der Waals surface area contributed by atoms with Gasteiger partial charge in [0.25, 0.3) is 5.91 Å². The molecule has 2 heterocycles. The van der Waals surface area contributed by atoms with Crippen LogP contribution in [0.4, 0.5) is 14.2 Å². The van der Waals surface area contributed by atoms with Gasteiger partial charge in [-0.25, -0.2) is 9.18 Å². The normalized spacial score (nSPS) is 19.2. The second-order valence-electron chi connectivity index (χ2n) is 5.78. The summed E-state index contributed by atoms with van der Waals surface area (Å²) in [6.07, 6.45) is 0. The Kier molecular flexibility index (Phi) is 4.44. The molecule has 0 bridgehead atoms. The number of carbonyl (C=O) groups excluding carboxylic acids is 3. The molecule has 1 aliphatic heterocycles. The molecule has 26 heavy (non-hydrogen) atoms. The number of hydrogen-bond acceptors (Lipinski definition) is 5. The number of urea groups is 1. The summed E-state index contributed by atoms with van der Waals surface area (Å²) >= 11 is 1.17. The first kappa shape index (κ1) is 17.6. The molecule has 9 heteroatoms. The number of anilines is 1. The summed E-state index contributed by atoms with van der Waals surface area (Å²) in [6, 6.07) is 7.96. The Hall–Kier alpha value is -3.25. The molecule has 1 fully saturated rings. The van der Waals surface area contributed by atoms with Gasteiger partial charge in [0.1, 0.15) is 29.0 Å². The van der Waals surface area contributed by atoms with Crippen molar-refractivity contribution in [2.75, 3.05) is 11.9 Å². The van der Waals surface area contributed by atoms with E-state index in [1.807, 2.05) is 6.07 Å². The number of amides is 4. The van der Waals surface area contributed by atoms with Crippen LogP contribution in [0.15, 0.2) is 35.7 Å². The number of carbonyl (C=O) groups is 3. The van der Waals surface area contributed by atoms with Gasteiger partial charge in [-0.05, 0) is 36.1 Å². The lowest BCUT2D eigenvalue weighted by atomic mass is 9.92. The van der Waals surface area contributed by atoms with Crippen LogP contribution in [-0.4, -0.2) is 29.3 Å². The highest BCUT2D eigenvalue weighted by Gasteiger charge is 2.49. The van der Waals surface area contributed by atoms with Gasteiger partial charge in [0.2, 0.25) is 5.91 Å². The number of benzene rings is 1. The zero-order valence-electron chi connectivity index (χ0n) is 13.6. The van der Waals surface area contributed by atoms with Crippen molar-refractivity contribution in [2.24, 2.45) is 0 Å². The molecule has 0 spiro atoms. The molecule has 0 radical (unpaired) electrons. The Morgan fingerprint density at radius 2 is 2.04 bits per heavy atom. The van der Waals surface area contributed by atoms with E-state index in [9.17, 15) is 18.8 Å². The van der Waals surface area contributed by atoms with Gasteiger partial charge in [0.15, 0.2) is 0 Å². The third-order valence-electron chi connectivity index (χ3n) is 4.04. The molecule has 1 saturated heterocycles. The first-order valence-electron chi connectivity index (χ1n) is 7.53. The molecule has 132 valence electrons. The van der Waals surface area contributed by atoms with Crippen molar-refractivity contribution in [1.82, 2.24) is 10.2 Å². The summed E-state index contributed by atoms with van der Waals surface area (Å²) in [7, 11) is 0. The molecule has 2 aromatic rings.